The van der Waals surface area contributed by atoms with Crippen LogP contribution in [0, 0.1) is 0 Å². The van der Waals surface area contributed by atoms with Gasteiger partial charge >= 0.3 is 93.9 Å². The van der Waals surface area contributed by atoms with Gasteiger partial charge in [-0.05, 0) is 0 Å². The molecule has 0 unspecified atom stereocenters. The summed E-state index contributed by atoms with van der Waals surface area (Å²) in [5, 5.41) is 0. The Bertz CT molecular complexity index is 229. The maximum absolute atomic E-state index is 2.58. The van der Waals surface area contributed by atoms with Crippen molar-refractivity contribution in [1.82, 2.24) is 5.51 Å². The molecule has 15 heavy (non-hydrogen) atoms. The van der Waals surface area contributed by atoms with Crippen LogP contribution in [0.15, 0.2) is 24.6 Å². The van der Waals surface area contributed by atoms with Gasteiger partial charge in [-0.2, -0.15) is 0 Å². The number of rotatable bonds is 2. The van der Waals surface area contributed by atoms with E-state index in [-0.39, 0.29) is 24.8 Å². The molecule has 2 aliphatic rings. The molecule has 0 amide bonds. The fraction of sp³-hybridized carbons (Fsp3) is 0.500. The largest absolute Gasteiger partial charge is 1.00 e. The van der Waals surface area contributed by atoms with E-state index in [9.17, 15) is 0 Å². The summed E-state index contributed by atoms with van der Waals surface area (Å²) >= 11 is -0.526. The Morgan fingerprint density at radius 1 is 0.933 bits per heavy atom. The third-order valence-electron chi connectivity index (χ3n) is 2.67. The van der Waals surface area contributed by atoms with E-state index >= 15 is 0 Å². The summed E-state index contributed by atoms with van der Waals surface area (Å²) in [4.78, 5) is 0. The summed E-state index contributed by atoms with van der Waals surface area (Å²) in [7, 11) is 0. The molecule has 0 radical (unpaired) electrons. The molecule has 80 valence electrons. The van der Waals surface area contributed by atoms with Gasteiger partial charge < -0.3 is 24.8 Å². The summed E-state index contributed by atoms with van der Waals surface area (Å²) in [5.41, 5.74) is 0. The van der Waals surface area contributed by atoms with Gasteiger partial charge in [0.2, 0.25) is 0 Å². The predicted molar refractivity (Wildman–Crippen MR) is 54.8 cm³/mol. The maximum atomic E-state index is 2.58. The van der Waals surface area contributed by atoms with Gasteiger partial charge in [0.05, 0.1) is 0 Å². The zero-order valence-electron chi connectivity index (χ0n) is 9.03. The Balaban J connectivity index is 0.000000980. The SMILES string of the molecule is CB1CC=C[N]1[Zr+2][N]1C=CCB1C.[Cl-].[Cl-]. The minimum Gasteiger partial charge on any atom is -1.00 e. The Morgan fingerprint density at radius 2 is 1.33 bits per heavy atom. The van der Waals surface area contributed by atoms with Crippen LogP contribution in [0.2, 0.25) is 26.3 Å². The minimum atomic E-state index is -0.526. The quantitative estimate of drug-likeness (QED) is 0.476. The van der Waals surface area contributed by atoms with Crippen molar-refractivity contribution < 1.29 is 48.6 Å². The van der Waals surface area contributed by atoms with Crippen molar-refractivity contribution in [3.8, 4) is 0 Å². The Hall–Kier alpha value is 0.673. The number of halogens is 2. The van der Waals surface area contributed by atoms with Gasteiger partial charge in [-0.1, -0.05) is 0 Å². The van der Waals surface area contributed by atoms with E-state index in [1.165, 1.54) is 12.6 Å². The van der Waals surface area contributed by atoms with Crippen LogP contribution < -0.4 is 24.8 Å². The molecule has 2 heterocycles. The van der Waals surface area contributed by atoms with Crippen LogP contribution in [0.4, 0.5) is 0 Å². The zero-order valence-corrected chi connectivity index (χ0v) is 13.0. The topological polar surface area (TPSA) is 6.48 Å². The normalized spacial score (nSPS) is 17.7. The molecule has 0 N–H and O–H groups in total. The first-order valence-corrected chi connectivity index (χ1v) is 7.13. The van der Waals surface area contributed by atoms with Gasteiger partial charge in [-0.3, -0.25) is 0 Å². The summed E-state index contributed by atoms with van der Waals surface area (Å²) in [5.74, 6) is 0. The third kappa shape index (κ3) is 3.87. The molecule has 2 aliphatic heterocycles. The van der Waals surface area contributed by atoms with E-state index in [4.69, 9.17) is 0 Å². The second kappa shape index (κ2) is 7.09. The van der Waals surface area contributed by atoms with Crippen LogP contribution in [-0.4, -0.2) is 19.2 Å². The van der Waals surface area contributed by atoms with E-state index in [0.29, 0.717) is 0 Å². The average molecular weight is 322 g/mol. The minimum absolute atomic E-state index is 0. The van der Waals surface area contributed by atoms with E-state index in [2.05, 4.69) is 43.7 Å². The summed E-state index contributed by atoms with van der Waals surface area (Å²) < 4.78 is 5.16. The van der Waals surface area contributed by atoms with Crippen molar-refractivity contribution in [3.63, 3.8) is 0 Å². The third-order valence-corrected chi connectivity index (χ3v) is 6.70. The molecule has 2 nitrogen and oxygen atoms in total. The van der Waals surface area contributed by atoms with Gasteiger partial charge in [0.25, 0.3) is 0 Å². The van der Waals surface area contributed by atoms with E-state index in [1.54, 1.807) is 0 Å². The summed E-state index contributed by atoms with van der Waals surface area (Å²) in [6.45, 7) is 6.16. The first kappa shape index (κ1) is 15.7. The molecule has 2 rings (SSSR count). The van der Waals surface area contributed by atoms with E-state index in [1.807, 2.05) is 0 Å². The second-order valence-electron chi connectivity index (χ2n) is 3.85. The van der Waals surface area contributed by atoms with Crippen molar-refractivity contribution in [2.24, 2.45) is 0 Å². The van der Waals surface area contributed by atoms with Gasteiger partial charge in [0, 0.05) is 0 Å². The van der Waals surface area contributed by atoms with Crippen molar-refractivity contribution in [2.75, 3.05) is 0 Å². The van der Waals surface area contributed by atoms with Crippen molar-refractivity contribution >= 4 is 13.7 Å². The van der Waals surface area contributed by atoms with Gasteiger partial charge in [0.1, 0.15) is 0 Å². The zero-order chi connectivity index (χ0) is 9.26. The molecule has 0 aliphatic carbocycles. The van der Waals surface area contributed by atoms with Crippen LogP contribution in [0.1, 0.15) is 0 Å². The number of hydrogen-bond acceptors (Lipinski definition) is 2. The predicted octanol–water partition coefficient (Wildman–Crippen LogP) is -4.19. The monoisotopic (exact) mass is 320 g/mol. The molecule has 0 aromatic carbocycles. The molecule has 0 aromatic heterocycles. The van der Waals surface area contributed by atoms with Crippen LogP contribution >= 0.6 is 0 Å². The molecule has 0 saturated carbocycles. The maximum Gasteiger partial charge on any atom is -1.00 e. The number of nitrogens with zero attached hydrogens (tertiary/aromatic N) is 2. The van der Waals surface area contributed by atoms with Crippen molar-refractivity contribution in [1.29, 1.82) is 0 Å². The first-order valence-electron chi connectivity index (χ1n) is 4.93. The van der Waals surface area contributed by atoms with Crippen LogP contribution in [-0.2, 0) is 23.8 Å². The molecule has 0 bridgehead atoms. The number of hydrogen-bond donors (Lipinski definition) is 0. The van der Waals surface area contributed by atoms with E-state index < -0.39 is 23.8 Å². The van der Waals surface area contributed by atoms with Crippen molar-refractivity contribution in [3.05, 3.63) is 24.6 Å². The van der Waals surface area contributed by atoms with Gasteiger partial charge in [-0.15, -0.1) is 0 Å². The molecule has 0 spiro atoms. The Morgan fingerprint density at radius 3 is 1.60 bits per heavy atom. The fourth-order valence-corrected chi connectivity index (χ4v) is 4.65. The number of allylic oxidation sites excluding steroid dienone is 2. The molecule has 7 heteroatoms. The average Bonchev–Trinajstić information content (AvgIpc) is 2.65. The second-order valence-corrected chi connectivity index (χ2v) is 6.88. The summed E-state index contributed by atoms with van der Waals surface area (Å²) in [6, 6.07) is 0. The van der Waals surface area contributed by atoms with Crippen LogP contribution in [0.5, 0.6) is 0 Å². The van der Waals surface area contributed by atoms with Crippen LogP contribution in [0.25, 0.3) is 0 Å². The standard InChI is InChI=1S/2C4H7BN.2ClH.Zr/c2*1-5-3-2-4-6-5;;;/h2*2,4H,3H2,1H3;2*1H;/q2*-1;;;+4/p-2. The van der Waals surface area contributed by atoms with Gasteiger partial charge in [0.15, 0.2) is 0 Å². The molecule has 0 aromatic rings. The fourth-order valence-electron chi connectivity index (χ4n) is 1.66. The molecule has 0 fully saturated rings. The summed E-state index contributed by atoms with van der Waals surface area (Å²) in [6.07, 6.45) is 11.7. The molecular formula is C8H14B2Cl2N2Zr. The van der Waals surface area contributed by atoms with E-state index in [0.717, 1.165) is 13.7 Å². The van der Waals surface area contributed by atoms with Crippen LogP contribution in [0.3, 0.4) is 0 Å². The smallest absolute Gasteiger partial charge is 1.00 e. The molecule has 0 saturated heterocycles. The first-order chi connectivity index (χ1) is 6.27. The van der Waals surface area contributed by atoms with Crippen molar-refractivity contribution in [2.45, 2.75) is 26.3 Å². The molecule has 0 atom stereocenters. The Kier molecular flexibility index (Phi) is 7.41. The molecular weight excluding hydrogens is 308 g/mol. The van der Waals surface area contributed by atoms with Gasteiger partial charge in [-0.25, -0.2) is 0 Å². The Labute approximate surface area is 118 Å².